The van der Waals surface area contributed by atoms with Crippen LogP contribution in [0.5, 0.6) is 5.75 Å². The summed E-state index contributed by atoms with van der Waals surface area (Å²) in [7, 11) is 0. The molecule has 0 N–H and O–H groups in total. The van der Waals surface area contributed by atoms with Crippen molar-refractivity contribution in [2.45, 2.75) is 20.8 Å². The summed E-state index contributed by atoms with van der Waals surface area (Å²) < 4.78 is 5.61. The summed E-state index contributed by atoms with van der Waals surface area (Å²) in [6.45, 7) is 7.01. The number of ether oxygens (including phenoxy) is 1. The van der Waals surface area contributed by atoms with Gasteiger partial charge >= 0.3 is 0 Å². The molecule has 0 aliphatic carbocycles. The smallest absolute Gasteiger partial charge is 0.265 e. The summed E-state index contributed by atoms with van der Waals surface area (Å²) in [5.74, 6) is 0.279. The first kappa shape index (κ1) is 21.0. The van der Waals surface area contributed by atoms with Crippen LogP contribution in [-0.2, 0) is 9.59 Å². The molecule has 31 heavy (non-hydrogen) atoms. The van der Waals surface area contributed by atoms with E-state index in [1.54, 1.807) is 22.4 Å². The van der Waals surface area contributed by atoms with Crippen LogP contribution in [-0.4, -0.2) is 52.9 Å². The van der Waals surface area contributed by atoms with Gasteiger partial charge in [-0.2, -0.15) is 0 Å². The zero-order chi connectivity index (χ0) is 22.0. The van der Waals surface area contributed by atoms with Crippen LogP contribution in [0.1, 0.15) is 18.7 Å². The van der Waals surface area contributed by atoms with Crippen molar-refractivity contribution in [3.8, 4) is 27.7 Å². The fourth-order valence-corrected chi connectivity index (χ4v) is 4.51. The Balaban J connectivity index is 1.69. The summed E-state index contributed by atoms with van der Waals surface area (Å²) in [4.78, 5) is 38.7. The molecule has 0 fully saturated rings. The van der Waals surface area contributed by atoms with Crippen molar-refractivity contribution < 1.29 is 14.3 Å². The molecule has 0 spiro atoms. The number of nitrogens with zero attached hydrogens (tertiary/aromatic N) is 4. The van der Waals surface area contributed by atoms with Crippen LogP contribution >= 0.6 is 11.3 Å². The second kappa shape index (κ2) is 8.85. The van der Waals surface area contributed by atoms with E-state index in [4.69, 9.17) is 9.72 Å². The number of carbonyl (C=O) groups excluding carboxylic acids is 2. The zero-order valence-electron chi connectivity index (χ0n) is 17.8. The molecule has 3 aromatic rings. The highest BCUT2D eigenvalue weighted by molar-refractivity contribution is 7.15. The maximum absolute atomic E-state index is 12.7. The molecule has 8 heteroatoms. The molecule has 7 nitrogen and oxygen atoms in total. The molecule has 4 rings (SSSR count). The Morgan fingerprint density at radius 2 is 2.03 bits per heavy atom. The van der Waals surface area contributed by atoms with E-state index in [1.165, 1.54) is 4.90 Å². The van der Waals surface area contributed by atoms with Gasteiger partial charge in [-0.05, 0) is 51.1 Å². The van der Waals surface area contributed by atoms with Gasteiger partial charge in [-0.1, -0.05) is 6.07 Å². The number of fused-ring (bicyclic) bond motifs is 1. The lowest BCUT2D eigenvalue weighted by molar-refractivity contribution is -0.131. The first-order valence-electron chi connectivity index (χ1n) is 10.3. The minimum absolute atomic E-state index is 0.00441. The van der Waals surface area contributed by atoms with E-state index in [1.807, 2.05) is 57.2 Å². The van der Waals surface area contributed by atoms with Crippen molar-refractivity contribution in [3.05, 3.63) is 47.5 Å². The van der Waals surface area contributed by atoms with Crippen molar-refractivity contribution in [1.82, 2.24) is 14.9 Å². The monoisotopic (exact) mass is 436 g/mol. The van der Waals surface area contributed by atoms with E-state index in [9.17, 15) is 9.59 Å². The second-order valence-electron chi connectivity index (χ2n) is 7.16. The first-order chi connectivity index (χ1) is 15.0. The number of thiazole rings is 1. The van der Waals surface area contributed by atoms with Gasteiger partial charge in [0.1, 0.15) is 17.3 Å². The lowest BCUT2D eigenvalue weighted by Crippen LogP contribution is -2.46. The van der Waals surface area contributed by atoms with Gasteiger partial charge in [-0.3, -0.25) is 19.5 Å². The molecule has 0 saturated heterocycles. The number of hydrogen-bond donors (Lipinski definition) is 0. The summed E-state index contributed by atoms with van der Waals surface area (Å²) in [6, 6.07) is 11.4. The molecular formula is C23H24N4O3S. The van der Waals surface area contributed by atoms with Crippen molar-refractivity contribution in [1.29, 1.82) is 0 Å². The topological polar surface area (TPSA) is 75.6 Å². The molecular weight excluding hydrogens is 412 g/mol. The number of carbonyl (C=O) groups is 2. The van der Waals surface area contributed by atoms with Crippen LogP contribution < -0.4 is 9.64 Å². The number of rotatable bonds is 6. The lowest BCUT2D eigenvalue weighted by atomic mass is 10.1. The first-order valence-corrected chi connectivity index (χ1v) is 11.1. The Kier molecular flexibility index (Phi) is 5.99. The molecule has 0 bridgehead atoms. The highest BCUT2D eigenvalue weighted by Gasteiger charge is 2.29. The molecule has 1 aliphatic heterocycles. The predicted molar refractivity (Wildman–Crippen MR) is 121 cm³/mol. The Labute approximate surface area is 185 Å². The van der Waals surface area contributed by atoms with Crippen LogP contribution in [0.4, 0.5) is 5.69 Å². The van der Waals surface area contributed by atoms with E-state index in [2.05, 4.69) is 4.98 Å². The van der Waals surface area contributed by atoms with Crippen LogP contribution in [0.15, 0.2) is 42.6 Å². The molecule has 1 aromatic carbocycles. The largest absolute Gasteiger partial charge is 0.482 e. The Bertz CT molecular complexity index is 1110. The Morgan fingerprint density at radius 3 is 2.74 bits per heavy atom. The average molecular weight is 437 g/mol. The van der Waals surface area contributed by atoms with Crippen molar-refractivity contribution >= 4 is 28.8 Å². The fraction of sp³-hybridized carbons (Fsp3) is 0.304. The number of aromatic nitrogens is 2. The van der Waals surface area contributed by atoms with E-state index >= 15 is 0 Å². The normalized spacial score (nSPS) is 13.0. The molecule has 1 aliphatic rings. The third-order valence-electron chi connectivity index (χ3n) is 5.27. The zero-order valence-corrected chi connectivity index (χ0v) is 18.6. The number of anilines is 1. The van der Waals surface area contributed by atoms with E-state index in [0.29, 0.717) is 24.5 Å². The van der Waals surface area contributed by atoms with E-state index < -0.39 is 0 Å². The van der Waals surface area contributed by atoms with Crippen LogP contribution in [0.2, 0.25) is 0 Å². The van der Waals surface area contributed by atoms with E-state index in [-0.39, 0.29) is 25.0 Å². The van der Waals surface area contributed by atoms with Gasteiger partial charge in [-0.25, -0.2) is 4.98 Å². The van der Waals surface area contributed by atoms with Gasteiger partial charge in [0.25, 0.3) is 5.91 Å². The molecule has 3 heterocycles. The maximum atomic E-state index is 12.7. The highest BCUT2D eigenvalue weighted by Crippen LogP contribution is 2.38. The molecule has 0 radical (unpaired) electrons. The van der Waals surface area contributed by atoms with Crippen molar-refractivity contribution in [2.24, 2.45) is 0 Å². The minimum Gasteiger partial charge on any atom is -0.482 e. The van der Waals surface area contributed by atoms with Gasteiger partial charge in [0.15, 0.2) is 6.61 Å². The number of hydrogen-bond acceptors (Lipinski definition) is 6. The number of amides is 2. The average Bonchev–Trinajstić information content (AvgIpc) is 3.18. The number of benzene rings is 1. The van der Waals surface area contributed by atoms with E-state index in [0.717, 1.165) is 26.8 Å². The van der Waals surface area contributed by atoms with Crippen molar-refractivity contribution in [3.63, 3.8) is 0 Å². The molecule has 2 amide bonds. The third-order valence-corrected chi connectivity index (χ3v) is 6.26. The SMILES string of the molecule is CCN(CC)C(=O)CN1C(=O)COc2ccc(-c3nc(-c4ccccn4)sc3C)cc21. The number of aryl methyl sites for hydroxylation is 1. The molecule has 0 saturated carbocycles. The fourth-order valence-electron chi connectivity index (χ4n) is 3.60. The molecule has 2 aromatic heterocycles. The van der Waals surface area contributed by atoms with Gasteiger partial charge < -0.3 is 9.64 Å². The Morgan fingerprint density at radius 1 is 1.23 bits per heavy atom. The standard InChI is InChI=1S/C23H24N4O3S/c1-4-26(5-2)20(28)13-27-18-12-16(9-10-19(18)30-14-21(27)29)22-15(3)31-23(25-22)17-8-6-7-11-24-17/h6-12H,4-5,13-14H2,1-3H3. The molecule has 0 unspecified atom stereocenters. The summed E-state index contributed by atoms with van der Waals surface area (Å²) in [6.07, 6.45) is 1.75. The summed E-state index contributed by atoms with van der Waals surface area (Å²) in [5.41, 5.74) is 3.13. The predicted octanol–water partition coefficient (Wildman–Crippen LogP) is 3.77. The minimum atomic E-state index is -0.227. The lowest BCUT2D eigenvalue weighted by Gasteiger charge is -2.31. The number of likely N-dealkylation sites (N-methyl/N-ethyl adjacent to an activating group) is 1. The van der Waals surface area contributed by atoms with Crippen LogP contribution in [0.3, 0.4) is 0 Å². The molecule has 0 atom stereocenters. The van der Waals surface area contributed by atoms with Gasteiger partial charge in [0.2, 0.25) is 5.91 Å². The highest BCUT2D eigenvalue weighted by atomic mass is 32.1. The van der Waals surface area contributed by atoms with Gasteiger partial charge in [-0.15, -0.1) is 11.3 Å². The maximum Gasteiger partial charge on any atom is 0.265 e. The van der Waals surface area contributed by atoms with Gasteiger partial charge in [0, 0.05) is 29.7 Å². The van der Waals surface area contributed by atoms with Crippen LogP contribution in [0, 0.1) is 6.92 Å². The summed E-state index contributed by atoms with van der Waals surface area (Å²) in [5, 5.41) is 0.840. The van der Waals surface area contributed by atoms with Crippen molar-refractivity contribution in [2.75, 3.05) is 31.1 Å². The second-order valence-corrected chi connectivity index (χ2v) is 8.36. The quantitative estimate of drug-likeness (QED) is 0.588. The molecule has 160 valence electrons. The van der Waals surface area contributed by atoms with Crippen LogP contribution in [0.25, 0.3) is 22.0 Å². The van der Waals surface area contributed by atoms with Gasteiger partial charge in [0.05, 0.1) is 17.1 Å². The summed E-state index contributed by atoms with van der Waals surface area (Å²) >= 11 is 1.58. The third kappa shape index (κ3) is 4.16. The number of pyridine rings is 1. The Hall–Kier alpha value is -3.26.